The number of aromatic nitrogens is 2. The van der Waals surface area contributed by atoms with E-state index in [1.807, 2.05) is 0 Å². The van der Waals surface area contributed by atoms with Crippen molar-refractivity contribution in [2.75, 3.05) is 0 Å². The number of hydrogen-bond acceptors (Lipinski definition) is 8. The molecule has 27 heavy (non-hydrogen) atoms. The monoisotopic (exact) mass is 395 g/mol. The molecule has 0 amide bonds. The molecule has 9 nitrogen and oxygen atoms in total. The van der Waals surface area contributed by atoms with Gasteiger partial charge in [-0.3, -0.25) is 10.1 Å². The maximum absolute atomic E-state index is 13.1. The summed E-state index contributed by atoms with van der Waals surface area (Å²) in [6, 6.07) is 4.81. The van der Waals surface area contributed by atoms with Crippen molar-refractivity contribution in [2.45, 2.75) is 12.8 Å². The number of hydrogen-bond donors (Lipinski definition) is 3. The third-order valence-corrected chi connectivity index (χ3v) is 4.12. The second kappa shape index (κ2) is 7.08. The fourth-order valence-corrected chi connectivity index (χ4v) is 2.58. The van der Waals surface area contributed by atoms with Crippen molar-refractivity contribution in [1.82, 2.24) is 10.1 Å². The zero-order valence-corrected chi connectivity index (χ0v) is 14.1. The van der Waals surface area contributed by atoms with Crippen LogP contribution in [0.2, 0.25) is 5.02 Å². The minimum atomic E-state index is -0.968. The van der Waals surface area contributed by atoms with Gasteiger partial charge in [0.1, 0.15) is 0 Å². The van der Waals surface area contributed by atoms with Gasteiger partial charge in [-0.15, -0.1) is 0 Å². The molecular weight excluding hydrogens is 385 g/mol. The summed E-state index contributed by atoms with van der Waals surface area (Å²) < 4.78 is 18.1. The van der Waals surface area contributed by atoms with Gasteiger partial charge >= 0.3 is 5.69 Å². The molecule has 0 aliphatic carbocycles. The van der Waals surface area contributed by atoms with Crippen LogP contribution < -0.4 is 0 Å². The second-order valence-electron chi connectivity index (χ2n) is 5.51. The first kappa shape index (κ1) is 18.4. The maximum Gasteiger partial charge on any atom is 0.315 e. The van der Waals surface area contributed by atoms with Gasteiger partial charge in [0.2, 0.25) is 5.75 Å². The van der Waals surface area contributed by atoms with Crippen LogP contribution in [0, 0.1) is 15.9 Å². The number of aryl methyl sites for hydroxylation is 2. The molecule has 11 heteroatoms. The topological polar surface area (TPSA) is 143 Å². The summed E-state index contributed by atoms with van der Waals surface area (Å²) >= 11 is 5.90. The van der Waals surface area contributed by atoms with E-state index in [2.05, 4.69) is 10.1 Å². The molecule has 2 aromatic carbocycles. The van der Waals surface area contributed by atoms with E-state index in [1.165, 1.54) is 12.1 Å². The van der Waals surface area contributed by atoms with Crippen LogP contribution >= 0.6 is 11.6 Å². The molecule has 3 rings (SSSR count). The average Bonchev–Trinajstić information content (AvgIpc) is 3.09. The Morgan fingerprint density at radius 1 is 1.19 bits per heavy atom. The highest BCUT2D eigenvalue weighted by molar-refractivity contribution is 6.35. The van der Waals surface area contributed by atoms with Gasteiger partial charge < -0.3 is 19.8 Å². The Morgan fingerprint density at radius 2 is 1.93 bits per heavy atom. The van der Waals surface area contributed by atoms with E-state index >= 15 is 0 Å². The number of nitro groups is 1. The Morgan fingerprint density at radius 3 is 2.59 bits per heavy atom. The van der Waals surface area contributed by atoms with E-state index in [1.54, 1.807) is 0 Å². The normalized spacial score (nSPS) is 10.9. The quantitative estimate of drug-likeness (QED) is 0.339. The molecule has 0 atom stereocenters. The first-order valence-corrected chi connectivity index (χ1v) is 7.85. The molecule has 0 saturated heterocycles. The number of rotatable bonds is 5. The summed E-state index contributed by atoms with van der Waals surface area (Å²) in [5.41, 5.74) is -0.249. The molecule has 0 spiro atoms. The lowest BCUT2D eigenvalue weighted by Gasteiger charge is -2.04. The smallest absolute Gasteiger partial charge is 0.315 e. The second-order valence-corrected chi connectivity index (χ2v) is 5.89. The molecule has 0 aliphatic rings. The predicted molar refractivity (Wildman–Crippen MR) is 90.2 cm³/mol. The Labute approximate surface area is 155 Å². The minimum absolute atomic E-state index is 0.114. The summed E-state index contributed by atoms with van der Waals surface area (Å²) in [5.74, 6) is -3.01. The number of phenols is 3. The lowest BCUT2D eigenvalue weighted by molar-refractivity contribution is -0.385. The number of aromatic hydroxyl groups is 3. The van der Waals surface area contributed by atoms with Crippen molar-refractivity contribution in [2.24, 2.45) is 0 Å². The van der Waals surface area contributed by atoms with Crippen molar-refractivity contribution in [3.8, 4) is 28.7 Å². The SMILES string of the molecule is O=[N+]([O-])c1cc(-c2nc(CCc3ccc(F)c(O)c3)no2)c(Cl)c(O)c1O. The van der Waals surface area contributed by atoms with E-state index in [0.29, 0.717) is 12.0 Å². The molecule has 0 radical (unpaired) electrons. The van der Waals surface area contributed by atoms with Crippen molar-refractivity contribution >= 4 is 17.3 Å². The number of benzene rings is 2. The van der Waals surface area contributed by atoms with Crippen molar-refractivity contribution < 1.29 is 29.2 Å². The predicted octanol–water partition coefficient (Wildman–Crippen LogP) is 3.34. The molecule has 1 aromatic heterocycles. The highest BCUT2D eigenvalue weighted by Gasteiger charge is 2.26. The zero-order chi connectivity index (χ0) is 19.7. The molecule has 3 N–H and O–H groups in total. The highest BCUT2D eigenvalue weighted by atomic mass is 35.5. The number of phenolic OH excluding ortho intramolecular Hbond substituents is 3. The van der Waals surface area contributed by atoms with Crippen molar-refractivity contribution in [3.05, 3.63) is 56.6 Å². The average molecular weight is 396 g/mol. The van der Waals surface area contributed by atoms with Crippen LogP contribution in [0.1, 0.15) is 11.4 Å². The first-order chi connectivity index (χ1) is 12.8. The number of halogens is 2. The zero-order valence-electron chi connectivity index (χ0n) is 13.4. The Hall–Kier alpha value is -3.40. The number of nitro benzene ring substituents is 1. The van der Waals surface area contributed by atoms with Gasteiger partial charge in [0.25, 0.3) is 5.89 Å². The minimum Gasteiger partial charge on any atom is -0.505 e. The van der Waals surface area contributed by atoms with Crippen LogP contribution in [0.5, 0.6) is 17.2 Å². The maximum atomic E-state index is 13.1. The van der Waals surface area contributed by atoms with Crippen molar-refractivity contribution in [1.29, 1.82) is 0 Å². The van der Waals surface area contributed by atoms with E-state index in [-0.39, 0.29) is 28.7 Å². The molecule has 0 fully saturated rings. The van der Waals surface area contributed by atoms with Gasteiger partial charge in [-0.1, -0.05) is 22.8 Å². The lowest BCUT2D eigenvalue weighted by atomic mass is 10.1. The fraction of sp³-hybridized carbons (Fsp3) is 0.125. The lowest BCUT2D eigenvalue weighted by Crippen LogP contribution is -1.94. The molecular formula is C16H11ClFN3O6. The number of nitrogens with zero attached hydrogens (tertiary/aromatic N) is 3. The van der Waals surface area contributed by atoms with Crippen LogP contribution in [0.4, 0.5) is 10.1 Å². The molecule has 0 bridgehead atoms. The summed E-state index contributed by atoms with van der Waals surface area (Å²) in [7, 11) is 0. The highest BCUT2D eigenvalue weighted by Crippen LogP contribution is 2.45. The van der Waals surface area contributed by atoms with Gasteiger partial charge in [-0.05, 0) is 24.1 Å². The van der Waals surface area contributed by atoms with Gasteiger partial charge in [0.15, 0.2) is 23.1 Å². The van der Waals surface area contributed by atoms with E-state index in [9.17, 15) is 29.8 Å². The van der Waals surface area contributed by atoms with Gasteiger partial charge in [-0.2, -0.15) is 4.98 Å². The standard InChI is InChI=1S/C16H11ClFN3O6/c17-13-8(6-10(21(25)26)14(23)15(13)24)16-19-12(20-27-16)4-2-7-1-3-9(18)11(22)5-7/h1,3,5-6,22-24H,2,4H2. The Balaban J connectivity index is 1.85. The molecule has 0 unspecified atom stereocenters. The van der Waals surface area contributed by atoms with E-state index < -0.39 is 33.7 Å². The van der Waals surface area contributed by atoms with Gasteiger partial charge in [-0.25, -0.2) is 4.39 Å². The molecule has 1 heterocycles. The summed E-state index contributed by atoms with van der Waals surface area (Å²) in [5, 5.41) is 43.0. The molecule has 140 valence electrons. The van der Waals surface area contributed by atoms with Crippen molar-refractivity contribution in [3.63, 3.8) is 0 Å². The van der Waals surface area contributed by atoms with E-state index in [4.69, 9.17) is 16.1 Å². The fourth-order valence-electron chi connectivity index (χ4n) is 2.35. The Kier molecular flexibility index (Phi) is 4.82. The molecule has 0 saturated carbocycles. The third-order valence-electron chi connectivity index (χ3n) is 3.74. The molecule has 0 aliphatic heterocycles. The van der Waals surface area contributed by atoms with Crippen LogP contribution in [0.25, 0.3) is 11.5 Å². The van der Waals surface area contributed by atoms with Crippen LogP contribution in [-0.4, -0.2) is 30.4 Å². The summed E-state index contributed by atoms with van der Waals surface area (Å²) in [6.45, 7) is 0. The van der Waals surface area contributed by atoms with Gasteiger partial charge in [0.05, 0.1) is 15.5 Å². The van der Waals surface area contributed by atoms with Crippen LogP contribution in [-0.2, 0) is 12.8 Å². The van der Waals surface area contributed by atoms with Crippen LogP contribution in [0.15, 0.2) is 28.8 Å². The summed E-state index contributed by atoms with van der Waals surface area (Å²) in [4.78, 5) is 14.1. The molecule has 3 aromatic rings. The van der Waals surface area contributed by atoms with Gasteiger partial charge in [0, 0.05) is 12.5 Å². The van der Waals surface area contributed by atoms with Crippen LogP contribution in [0.3, 0.4) is 0 Å². The first-order valence-electron chi connectivity index (χ1n) is 7.47. The van der Waals surface area contributed by atoms with E-state index in [0.717, 1.165) is 12.1 Å². The largest absolute Gasteiger partial charge is 0.505 e. The summed E-state index contributed by atoms with van der Waals surface area (Å²) in [6.07, 6.45) is 0.625. The third kappa shape index (κ3) is 3.60. The Bertz CT molecular complexity index is 1040.